The molecule has 0 aliphatic heterocycles. The molecule has 2 rings (SSSR count). The molecule has 13 heavy (non-hydrogen) atoms. The minimum Gasteiger partial charge on any atom is -0.257 e. The molecule has 2 aromatic heterocycles. The maximum Gasteiger partial charge on any atom is 0.282 e. The fourth-order valence-electron chi connectivity index (χ4n) is 1.35. The van der Waals surface area contributed by atoms with Crippen LogP contribution in [0.15, 0.2) is 6.07 Å². The molecule has 0 aromatic carbocycles. The van der Waals surface area contributed by atoms with Crippen LogP contribution in [0.3, 0.4) is 0 Å². The predicted molar refractivity (Wildman–Crippen MR) is 48.3 cm³/mol. The van der Waals surface area contributed by atoms with Crippen LogP contribution in [-0.4, -0.2) is 9.78 Å². The van der Waals surface area contributed by atoms with Gasteiger partial charge in [-0.25, -0.2) is 8.78 Å². The molecule has 0 radical (unpaired) electrons. The van der Waals surface area contributed by atoms with Gasteiger partial charge in [0, 0.05) is 17.3 Å². The summed E-state index contributed by atoms with van der Waals surface area (Å²) in [6.45, 7) is 1.90. The fourth-order valence-corrected chi connectivity index (χ4v) is 2.28. The molecule has 0 amide bonds. The van der Waals surface area contributed by atoms with Gasteiger partial charge in [-0.05, 0) is 13.0 Å². The highest BCUT2D eigenvalue weighted by molar-refractivity contribution is 7.18. The van der Waals surface area contributed by atoms with Gasteiger partial charge in [-0.1, -0.05) is 0 Å². The van der Waals surface area contributed by atoms with Crippen molar-refractivity contribution in [1.82, 2.24) is 9.78 Å². The second-order valence-corrected chi connectivity index (χ2v) is 4.12. The van der Waals surface area contributed by atoms with E-state index in [0.29, 0.717) is 5.39 Å². The minimum absolute atomic E-state index is 0.109. The fraction of sp³-hybridized carbons (Fsp3) is 0.375. The lowest BCUT2D eigenvalue weighted by atomic mass is 10.3. The van der Waals surface area contributed by atoms with Crippen molar-refractivity contribution in [3.8, 4) is 0 Å². The maximum absolute atomic E-state index is 12.4. The highest BCUT2D eigenvalue weighted by Gasteiger charge is 2.18. The predicted octanol–water partition coefficient (Wildman–Crippen LogP) is 2.88. The van der Waals surface area contributed by atoms with E-state index >= 15 is 0 Å². The Morgan fingerprint density at radius 2 is 2.23 bits per heavy atom. The van der Waals surface area contributed by atoms with Gasteiger partial charge in [0.05, 0.1) is 0 Å². The SMILES string of the molecule is Cc1cc2c(C(F)F)nn(C)c2s1. The highest BCUT2D eigenvalue weighted by Crippen LogP contribution is 2.32. The molecule has 0 aliphatic carbocycles. The largest absolute Gasteiger partial charge is 0.282 e. The van der Waals surface area contributed by atoms with Crippen molar-refractivity contribution in [2.75, 3.05) is 0 Å². The summed E-state index contributed by atoms with van der Waals surface area (Å²) in [7, 11) is 1.68. The van der Waals surface area contributed by atoms with E-state index in [2.05, 4.69) is 5.10 Å². The summed E-state index contributed by atoms with van der Waals surface area (Å²) in [6, 6.07) is 1.76. The number of fused-ring (bicyclic) bond motifs is 1. The first-order valence-electron chi connectivity index (χ1n) is 3.81. The number of hydrogen-bond acceptors (Lipinski definition) is 2. The summed E-state index contributed by atoms with van der Waals surface area (Å²) in [4.78, 5) is 1.85. The minimum atomic E-state index is -2.49. The molecule has 2 nitrogen and oxygen atoms in total. The van der Waals surface area contributed by atoms with E-state index in [0.717, 1.165) is 9.71 Å². The average Bonchev–Trinajstić information content (AvgIpc) is 2.51. The molecule has 70 valence electrons. The number of alkyl halides is 2. The molecule has 0 aliphatic rings. The topological polar surface area (TPSA) is 17.8 Å². The number of rotatable bonds is 1. The Morgan fingerprint density at radius 3 is 2.85 bits per heavy atom. The number of thiophene rings is 1. The van der Waals surface area contributed by atoms with E-state index in [-0.39, 0.29) is 5.69 Å². The van der Waals surface area contributed by atoms with Gasteiger partial charge < -0.3 is 0 Å². The lowest BCUT2D eigenvalue weighted by Gasteiger charge is -1.91. The lowest BCUT2D eigenvalue weighted by molar-refractivity contribution is 0.147. The Kier molecular flexibility index (Phi) is 1.83. The Morgan fingerprint density at radius 1 is 1.54 bits per heavy atom. The van der Waals surface area contributed by atoms with Crippen molar-refractivity contribution < 1.29 is 8.78 Å². The van der Waals surface area contributed by atoms with Gasteiger partial charge in [0.1, 0.15) is 10.5 Å². The molecular formula is C8H8F2N2S. The molecule has 2 aromatic rings. The first kappa shape index (κ1) is 8.62. The zero-order valence-corrected chi connectivity index (χ0v) is 8.03. The van der Waals surface area contributed by atoms with Crippen LogP contribution in [0.5, 0.6) is 0 Å². The van der Waals surface area contributed by atoms with Gasteiger partial charge in [0.15, 0.2) is 0 Å². The van der Waals surface area contributed by atoms with Crippen molar-refractivity contribution in [2.24, 2.45) is 7.05 Å². The summed E-state index contributed by atoms with van der Waals surface area (Å²) < 4.78 is 26.4. The molecule has 0 saturated heterocycles. The number of halogens is 2. The van der Waals surface area contributed by atoms with Crippen molar-refractivity contribution in [2.45, 2.75) is 13.3 Å². The molecule has 5 heteroatoms. The van der Waals surface area contributed by atoms with Gasteiger partial charge in [0.2, 0.25) is 0 Å². The first-order valence-corrected chi connectivity index (χ1v) is 4.62. The smallest absolute Gasteiger partial charge is 0.257 e. The first-order chi connectivity index (χ1) is 6.09. The van der Waals surface area contributed by atoms with E-state index in [1.807, 2.05) is 6.92 Å². The molecule has 0 bridgehead atoms. The number of aryl methyl sites for hydroxylation is 2. The Bertz CT molecular complexity index is 444. The van der Waals surface area contributed by atoms with E-state index < -0.39 is 6.43 Å². The normalized spacial score (nSPS) is 11.8. The van der Waals surface area contributed by atoms with Crippen LogP contribution >= 0.6 is 11.3 Å². The monoisotopic (exact) mass is 202 g/mol. The Labute approximate surface area is 77.8 Å². The summed E-state index contributed by atoms with van der Waals surface area (Å²) in [5.74, 6) is 0. The van der Waals surface area contributed by atoms with Gasteiger partial charge in [-0.2, -0.15) is 5.10 Å². The van der Waals surface area contributed by atoms with E-state index in [1.54, 1.807) is 13.1 Å². The maximum atomic E-state index is 12.4. The Hall–Kier alpha value is -0.970. The standard InChI is InChI=1S/C8H8F2N2S/c1-4-3-5-6(7(9)10)11-12(2)8(5)13-4/h3,7H,1-2H3. The van der Waals surface area contributed by atoms with Crippen molar-refractivity contribution in [3.63, 3.8) is 0 Å². The molecule has 0 unspecified atom stereocenters. The third-order valence-electron chi connectivity index (χ3n) is 1.87. The van der Waals surface area contributed by atoms with Gasteiger partial charge in [0.25, 0.3) is 6.43 Å². The number of aromatic nitrogens is 2. The Balaban J connectivity index is 2.76. The van der Waals surface area contributed by atoms with Crippen LogP contribution in [0.4, 0.5) is 8.78 Å². The second-order valence-electron chi connectivity index (χ2n) is 2.89. The molecule has 2 heterocycles. The van der Waals surface area contributed by atoms with Crippen LogP contribution in [0.25, 0.3) is 10.2 Å². The van der Waals surface area contributed by atoms with Gasteiger partial charge in [-0.15, -0.1) is 11.3 Å². The highest BCUT2D eigenvalue weighted by atomic mass is 32.1. The third kappa shape index (κ3) is 1.23. The van der Waals surface area contributed by atoms with Crippen LogP contribution < -0.4 is 0 Å². The second kappa shape index (κ2) is 2.77. The van der Waals surface area contributed by atoms with Crippen molar-refractivity contribution >= 4 is 21.6 Å². The number of hydrogen-bond donors (Lipinski definition) is 0. The van der Waals surface area contributed by atoms with Gasteiger partial charge in [-0.3, -0.25) is 4.68 Å². The molecule has 0 atom stereocenters. The zero-order valence-electron chi connectivity index (χ0n) is 7.21. The molecule has 0 spiro atoms. The summed E-state index contributed by atoms with van der Waals surface area (Å²) in [5.41, 5.74) is -0.109. The van der Waals surface area contributed by atoms with E-state index in [9.17, 15) is 8.78 Å². The summed E-state index contributed by atoms with van der Waals surface area (Å²) in [6.07, 6.45) is -2.49. The van der Waals surface area contributed by atoms with Crippen LogP contribution in [-0.2, 0) is 7.05 Å². The summed E-state index contributed by atoms with van der Waals surface area (Å²) >= 11 is 1.48. The van der Waals surface area contributed by atoms with Crippen molar-refractivity contribution in [3.05, 3.63) is 16.6 Å². The van der Waals surface area contributed by atoms with Crippen LogP contribution in [0.1, 0.15) is 17.0 Å². The quantitative estimate of drug-likeness (QED) is 0.695. The molecular weight excluding hydrogens is 194 g/mol. The van der Waals surface area contributed by atoms with E-state index in [4.69, 9.17) is 0 Å². The van der Waals surface area contributed by atoms with E-state index in [1.165, 1.54) is 16.0 Å². The summed E-state index contributed by atoms with van der Waals surface area (Å²) in [5, 5.41) is 4.35. The van der Waals surface area contributed by atoms with Gasteiger partial charge >= 0.3 is 0 Å². The third-order valence-corrected chi connectivity index (χ3v) is 2.99. The van der Waals surface area contributed by atoms with Crippen LogP contribution in [0, 0.1) is 6.92 Å². The average molecular weight is 202 g/mol. The van der Waals surface area contributed by atoms with Crippen molar-refractivity contribution in [1.29, 1.82) is 0 Å². The molecule has 0 fully saturated rings. The number of nitrogens with zero attached hydrogens (tertiary/aromatic N) is 2. The zero-order chi connectivity index (χ0) is 9.59. The molecule has 0 saturated carbocycles. The van der Waals surface area contributed by atoms with Crippen LogP contribution in [0.2, 0.25) is 0 Å². The lowest BCUT2D eigenvalue weighted by Crippen LogP contribution is -1.91. The molecule has 0 N–H and O–H groups in total.